The molecule has 2 heterocycles. The molecule has 0 saturated heterocycles. The van der Waals surface area contributed by atoms with Crippen LogP contribution in [0.2, 0.25) is 0 Å². The normalized spacial score (nSPS) is 10.4. The van der Waals surface area contributed by atoms with Gasteiger partial charge in [-0.3, -0.25) is 24.3 Å². The van der Waals surface area contributed by atoms with Crippen LogP contribution in [-0.2, 0) is 13.6 Å². The van der Waals surface area contributed by atoms with E-state index in [0.717, 1.165) is 0 Å². The van der Waals surface area contributed by atoms with Crippen LogP contribution in [-0.4, -0.2) is 36.9 Å². The summed E-state index contributed by atoms with van der Waals surface area (Å²) in [4.78, 5) is 21.6. The molecule has 2 aromatic rings. The van der Waals surface area contributed by atoms with Gasteiger partial charge in [-0.2, -0.15) is 10.2 Å². The van der Waals surface area contributed by atoms with Gasteiger partial charge < -0.3 is 5.32 Å². The first kappa shape index (κ1) is 12.7. The minimum atomic E-state index is -0.516. The molecule has 0 aliphatic carbocycles. The fourth-order valence-electron chi connectivity index (χ4n) is 1.49. The summed E-state index contributed by atoms with van der Waals surface area (Å²) in [5.41, 5.74) is 0.396. The lowest BCUT2D eigenvalue weighted by Crippen LogP contribution is -2.27. The zero-order valence-corrected chi connectivity index (χ0v) is 10.2. The van der Waals surface area contributed by atoms with E-state index in [1.165, 1.54) is 28.0 Å². The van der Waals surface area contributed by atoms with Crippen molar-refractivity contribution in [1.29, 1.82) is 0 Å². The van der Waals surface area contributed by atoms with Gasteiger partial charge in [-0.25, -0.2) is 0 Å². The number of hydrogen-bond donors (Lipinski definition) is 1. The van der Waals surface area contributed by atoms with E-state index in [9.17, 15) is 14.9 Å². The SMILES string of the molecule is Cn1cc(C(=O)NCCn2cc([N+](=O)[O-])cn2)cn1. The van der Waals surface area contributed by atoms with Gasteiger partial charge in [0.15, 0.2) is 0 Å². The van der Waals surface area contributed by atoms with Gasteiger partial charge in [-0.15, -0.1) is 0 Å². The van der Waals surface area contributed by atoms with Crippen LogP contribution >= 0.6 is 0 Å². The number of nitrogens with one attached hydrogen (secondary N) is 1. The molecular formula is C10H12N6O3. The fraction of sp³-hybridized carbons (Fsp3) is 0.300. The Kier molecular flexibility index (Phi) is 3.55. The van der Waals surface area contributed by atoms with Gasteiger partial charge in [0, 0.05) is 19.8 Å². The van der Waals surface area contributed by atoms with Crippen molar-refractivity contribution in [1.82, 2.24) is 24.9 Å². The molecule has 0 saturated carbocycles. The molecule has 0 radical (unpaired) electrons. The smallest absolute Gasteiger partial charge is 0.306 e. The van der Waals surface area contributed by atoms with Crippen molar-refractivity contribution < 1.29 is 9.72 Å². The van der Waals surface area contributed by atoms with Crippen molar-refractivity contribution in [3.8, 4) is 0 Å². The molecule has 1 N–H and O–H groups in total. The number of aryl methyl sites for hydroxylation is 1. The number of carbonyl (C=O) groups is 1. The Morgan fingerprint density at radius 2 is 2.21 bits per heavy atom. The third kappa shape index (κ3) is 3.15. The Morgan fingerprint density at radius 3 is 2.79 bits per heavy atom. The largest absolute Gasteiger partial charge is 0.350 e. The highest BCUT2D eigenvalue weighted by Gasteiger charge is 2.09. The molecule has 2 aromatic heterocycles. The molecule has 0 bridgehead atoms. The van der Waals surface area contributed by atoms with Crippen molar-refractivity contribution in [2.45, 2.75) is 6.54 Å². The van der Waals surface area contributed by atoms with E-state index in [1.807, 2.05) is 0 Å². The van der Waals surface area contributed by atoms with Crippen LogP contribution in [0.4, 0.5) is 5.69 Å². The molecule has 9 heteroatoms. The summed E-state index contributed by atoms with van der Waals surface area (Å²) in [6, 6.07) is 0. The van der Waals surface area contributed by atoms with Gasteiger partial charge in [0.05, 0.1) is 23.2 Å². The maximum absolute atomic E-state index is 11.7. The van der Waals surface area contributed by atoms with E-state index >= 15 is 0 Å². The number of aromatic nitrogens is 4. The average Bonchev–Trinajstić information content (AvgIpc) is 2.98. The maximum atomic E-state index is 11.7. The number of nitro groups is 1. The predicted molar refractivity (Wildman–Crippen MR) is 64.4 cm³/mol. The van der Waals surface area contributed by atoms with E-state index in [1.54, 1.807) is 13.2 Å². The third-order valence-corrected chi connectivity index (χ3v) is 2.42. The van der Waals surface area contributed by atoms with Crippen LogP contribution in [0, 0.1) is 10.1 Å². The predicted octanol–water partition coefficient (Wildman–Crippen LogP) is -0.0452. The van der Waals surface area contributed by atoms with Crippen molar-refractivity contribution in [3.63, 3.8) is 0 Å². The zero-order chi connectivity index (χ0) is 13.8. The van der Waals surface area contributed by atoms with Crippen LogP contribution in [0.5, 0.6) is 0 Å². The van der Waals surface area contributed by atoms with Crippen molar-refractivity contribution in [3.05, 3.63) is 40.5 Å². The van der Waals surface area contributed by atoms with Gasteiger partial charge in [0.1, 0.15) is 12.4 Å². The number of carbonyl (C=O) groups excluding carboxylic acids is 1. The van der Waals surface area contributed by atoms with Crippen molar-refractivity contribution >= 4 is 11.6 Å². The average molecular weight is 264 g/mol. The summed E-state index contributed by atoms with van der Waals surface area (Å²) >= 11 is 0. The molecule has 19 heavy (non-hydrogen) atoms. The molecule has 0 fully saturated rings. The molecule has 0 spiro atoms. The van der Waals surface area contributed by atoms with Crippen LogP contribution in [0.15, 0.2) is 24.8 Å². The molecule has 2 rings (SSSR count). The second-order valence-corrected chi connectivity index (χ2v) is 3.88. The van der Waals surface area contributed by atoms with Crippen LogP contribution in [0.1, 0.15) is 10.4 Å². The molecule has 100 valence electrons. The second-order valence-electron chi connectivity index (χ2n) is 3.88. The lowest BCUT2D eigenvalue weighted by molar-refractivity contribution is -0.385. The quantitative estimate of drug-likeness (QED) is 0.602. The van der Waals surface area contributed by atoms with Crippen molar-refractivity contribution in [2.75, 3.05) is 6.54 Å². The van der Waals surface area contributed by atoms with Crippen LogP contribution in [0.25, 0.3) is 0 Å². The van der Waals surface area contributed by atoms with Gasteiger partial charge in [0.25, 0.3) is 5.91 Å². The molecular weight excluding hydrogens is 252 g/mol. The Bertz CT molecular complexity index is 602. The van der Waals surface area contributed by atoms with E-state index in [2.05, 4.69) is 15.5 Å². The molecule has 1 amide bonds. The fourth-order valence-corrected chi connectivity index (χ4v) is 1.49. The lowest BCUT2D eigenvalue weighted by atomic mass is 10.3. The van der Waals surface area contributed by atoms with Crippen LogP contribution in [0.3, 0.4) is 0 Å². The van der Waals surface area contributed by atoms with Gasteiger partial charge >= 0.3 is 5.69 Å². The highest BCUT2D eigenvalue weighted by Crippen LogP contribution is 2.07. The summed E-state index contributed by atoms with van der Waals surface area (Å²) in [7, 11) is 1.72. The molecule has 0 aromatic carbocycles. The highest BCUT2D eigenvalue weighted by atomic mass is 16.6. The van der Waals surface area contributed by atoms with Crippen molar-refractivity contribution in [2.24, 2.45) is 7.05 Å². The van der Waals surface area contributed by atoms with E-state index in [0.29, 0.717) is 18.7 Å². The first-order valence-electron chi connectivity index (χ1n) is 5.50. The second kappa shape index (κ2) is 5.29. The number of amides is 1. The maximum Gasteiger partial charge on any atom is 0.306 e. The minimum Gasteiger partial charge on any atom is -0.350 e. The number of hydrogen-bond acceptors (Lipinski definition) is 5. The summed E-state index contributed by atoms with van der Waals surface area (Å²) in [5, 5.41) is 20.8. The first-order chi connectivity index (χ1) is 9.06. The first-order valence-corrected chi connectivity index (χ1v) is 5.50. The number of rotatable bonds is 5. The summed E-state index contributed by atoms with van der Waals surface area (Å²) in [5.74, 6) is -0.241. The summed E-state index contributed by atoms with van der Waals surface area (Å²) in [6.45, 7) is 0.687. The van der Waals surface area contributed by atoms with E-state index < -0.39 is 4.92 Å². The zero-order valence-electron chi connectivity index (χ0n) is 10.2. The van der Waals surface area contributed by atoms with Gasteiger partial charge in [-0.1, -0.05) is 0 Å². The standard InChI is InChI=1S/C10H12N6O3/c1-14-6-8(4-12-14)10(17)11-2-3-15-7-9(5-13-15)16(18)19/h4-7H,2-3H2,1H3,(H,11,17). The Labute approximate surface area is 108 Å². The summed E-state index contributed by atoms with van der Waals surface area (Å²) < 4.78 is 2.94. The number of nitrogens with zero attached hydrogens (tertiary/aromatic N) is 5. The molecule has 0 unspecified atom stereocenters. The Balaban J connectivity index is 1.83. The van der Waals surface area contributed by atoms with Gasteiger partial charge in [-0.05, 0) is 0 Å². The minimum absolute atomic E-state index is 0.0708. The molecule has 9 nitrogen and oxygen atoms in total. The van der Waals surface area contributed by atoms with Crippen LogP contribution < -0.4 is 5.32 Å². The topological polar surface area (TPSA) is 108 Å². The molecule has 0 aliphatic heterocycles. The molecule has 0 aliphatic rings. The lowest BCUT2D eigenvalue weighted by Gasteiger charge is -2.03. The van der Waals surface area contributed by atoms with Gasteiger partial charge in [0.2, 0.25) is 0 Å². The van der Waals surface area contributed by atoms with E-state index in [-0.39, 0.29) is 11.6 Å². The van der Waals surface area contributed by atoms with E-state index in [4.69, 9.17) is 0 Å². The molecule has 0 atom stereocenters. The third-order valence-electron chi connectivity index (χ3n) is 2.42. The Hall–Kier alpha value is -2.71. The monoisotopic (exact) mass is 264 g/mol. The highest BCUT2D eigenvalue weighted by molar-refractivity contribution is 5.93. The summed E-state index contributed by atoms with van der Waals surface area (Å²) in [6.07, 6.45) is 5.56. The Morgan fingerprint density at radius 1 is 1.42 bits per heavy atom.